The molecule has 116 valence electrons. The van der Waals surface area contributed by atoms with Gasteiger partial charge in [0.2, 0.25) is 0 Å². The fourth-order valence-electron chi connectivity index (χ4n) is 2.97. The minimum absolute atomic E-state index is 0.492. The van der Waals surface area contributed by atoms with Crippen LogP contribution in [0, 0.1) is 6.92 Å². The average molecular weight is 291 g/mol. The van der Waals surface area contributed by atoms with Gasteiger partial charge in [0.25, 0.3) is 0 Å². The summed E-state index contributed by atoms with van der Waals surface area (Å²) in [6, 6.07) is 0. The summed E-state index contributed by atoms with van der Waals surface area (Å²) < 4.78 is 0. The van der Waals surface area contributed by atoms with E-state index in [0.717, 1.165) is 55.4 Å². The zero-order chi connectivity index (χ0) is 15.0. The van der Waals surface area contributed by atoms with Gasteiger partial charge in [0, 0.05) is 24.6 Å². The Kier molecular flexibility index (Phi) is 3.75. The van der Waals surface area contributed by atoms with Crippen LogP contribution >= 0.6 is 0 Å². The van der Waals surface area contributed by atoms with Crippen molar-refractivity contribution < 1.29 is 5.11 Å². The van der Waals surface area contributed by atoms with Crippen LogP contribution in [0.15, 0.2) is 0 Å². The number of hydrogen-bond acceptors (Lipinski definition) is 6. The standard InChI is InChI=1S/C15H25N5O/c1-10-12(19-16)17-13(11-4-5-11)18-14(10)20-8-3-6-15(2,21)7-9-20/h11,21H,3-9,16H2,1-2H3,(H,17,18,19). The second kappa shape index (κ2) is 5.42. The molecule has 1 saturated heterocycles. The van der Waals surface area contributed by atoms with E-state index in [4.69, 9.17) is 10.8 Å². The third-order valence-corrected chi connectivity index (χ3v) is 4.58. The van der Waals surface area contributed by atoms with Crippen LogP contribution in [0.25, 0.3) is 0 Å². The molecule has 0 aromatic carbocycles. The van der Waals surface area contributed by atoms with Gasteiger partial charge in [0.1, 0.15) is 17.5 Å². The van der Waals surface area contributed by atoms with Gasteiger partial charge in [-0.15, -0.1) is 0 Å². The summed E-state index contributed by atoms with van der Waals surface area (Å²) in [6.45, 7) is 5.66. The van der Waals surface area contributed by atoms with Crippen molar-refractivity contribution >= 4 is 11.6 Å². The molecule has 6 nitrogen and oxygen atoms in total. The number of aromatic nitrogens is 2. The van der Waals surface area contributed by atoms with E-state index in [1.54, 1.807) is 0 Å². The first-order chi connectivity index (χ1) is 10.00. The van der Waals surface area contributed by atoms with Crippen molar-refractivity contribution in [2.24, 2.45) is 5.84 Å². The first-order valence-corrected chi connectivity index (χ1v) is 7.83. The maximum Gasteiger partial charge on any atom is 0.148 e. The molecule has 1 aliphatic heterocycles. The van der Waals surface area contributed by atoms with Crippen LogP contribution in [0.4, 0.5) is 11.6 Å². The molecule has 4 N–H and O–H groups in total. The molecule has 1 unspecified atom stereocenters. The predicted octanol–water partition coefficient (Wildman–Crippen LogP) is 1.69. The number of aliphatic hydroxyl groups is 1. The molecule has 3 rings (SSSR count). The highest BCUT2D eigenvalue weighted by atomic mass is 16.3. The first-order valence-electron chi connectivity index (χ1n) is 7.83. The molecule has 1 saturated carbocycles. The summed E-state index contributed by atoms with van der Waals surface area (Å²) in [6.07, 6.45) is 4.91. The van der Waals surface area contributed by atoms with Crippen LogP contribution in [-0.4, -0.2) is 33.8 Å². The lowest BCUT2D eigenvalue weighted by Crippen LogP contribution is -2.30. The van der Waals surface area contributed by atoms with Gasteiger partial charge >= 0.3 is 0 Å². The number of rotatable bonds is 3. The van der Waals surface area contributed by atoms with Gasteiger partial charge in [0.15, 0.2) is 0 Å². The van der Waals surface area contributed by atoms with Crippen LogP contribution in [-0.2, 0) is 0 Å². The number of hydrogen-bond donors (Lipinski definition) is 3. The normalized spacial score (nSPS) is 26.6. The Morgan fingerprint density at radius 2 is 2.05 bits per heavy atom. The van der Waals surface area contributed by atoms with E-state index in [1.807, 2.05) is 13.8 Å². The van der Waals surface area contributed by atoms with Crippen molar-refractivity contribution in [2.75, 3.05) is 23.4 Å². The molecule has 2 aliphatic rings. The number of nitrogen functional groups attached to an aromatic ring is 1. The quantitative estimate of drug-likeness (QED) is 0.580. The third-order valence-electron chi connectivity index (χ3n) is 4.58. The van der Waals surface area contributed by atoms with Gasteiger partial charge in [-0.1, -0.05) is 0 Å². The number of anilines is 2. The summed E-state index contributed by atoms with van der Waals surface area (Å²) in [5, 5.41) is 10.3. The molecule has 1 atom stereocenters. The Balaban J connectivity index is 1.91. The Bertz CT molecular complexity index is 527. The van der Waals surface area contributed by atoms with Crippen LogP contribution in [0.5, 0.6) is 0 Å². The van der Waals surface area contributed by atoms with E-state index >= 15 is 0 Å². The molecule has 0 amide bonds. The van der Waals surface area contributed by atoms with E-state index in [1.165, 1.54) is 12.8 Å². The Labute approximate surface area is 125 Å². The minimum atomic E-state index is -0.566. The average Bonchev–Trinajstić information content (AvgIpc) is 3.27. The van der Waals surface area contributed by atoms with Crippen molar-refractivity contribution in [1.29, 1.82) is 0 Å². The highest BCUT2D eigenvalue weighted by molar-refractivity contribution is 5.58. The minimum Gasteiger partial charge on any atom is -0.390 e. The second-order valence-corrected chi connectivity index (χ2v) is 6.64. The van der Waals surface area contributed by atoms with Crippen molar-refractivity contribution in [3.05, 3.63) is 11.4 Å². The van der Waals surface area contributed by atoms with Crippen LogP contribution in [0.1, 0.15) is 56.3 Å². The van der Waals surface area contributed by atoms with Crippen molar-refractivity contribution in [1.82, 2.24) is 9.97 Å². The monoisotopic (exact) mass is 291 g/mol. The molecule has 0 radical (unpaired) electrons. The van der Waals surface area contributed by atoms with Gasteiger partial charge in [0.05, 0.1) is 5.60 Å². The SMILES string of the molecule is Cc1c(NN)nc(C2CC2)nc1N1CCCC(C)(O)CC1. The van der Waals surface area contributed by atoms with E-state index in [9.17, 15) is 5.11 Å². The van der Waals surface area contributed by atoms with Gasteiger partial charge in [-0.05, 0) is 46.0 Å². The van der Waals surface area contributed by atoms with E-state index in [2.05, 4.69) is 15.3 Å². The van der Waals surface area contributed by atoms with Crippen molar-refractivity contribution in [3.8, 4) is 0 Å². The molecule has 1 aromatic rings. The van der Waals surface area contributed by atoms with E-state index in [-0.39, 0.29) is 0 Å². The Hall–Kier alpha value is -1.40. The topological polar surface area (TPSA) is 87.3 Å². The zero-order valence-corrected chi connectivity index (χ0v) is 12.9. The molecule has 2 fully saturated rings. The molecule has 0 spiro atoms. The van der Waals surface area contributed by atoms with Gasteiger partial charge in [-0.2, -0.15) is 0 Å². The Morgan fingerprint density at radius 1 is 1.29 bits per heavy atom. The molecule has 1 aromatic heterocycles. The lowest BCUT2D eigenvalue weighted by Gasteiger charge is -2.25. The maximum absolute atomic E-state index is 10.3. The zero-order valence-electron chi connectivity index (χ0n) is 12.9. The molecule has 6 heteroatoms. The summed E-state index contributed by atoms with van der Waals surface area (Å²) in [5.74, 6) is 8.70. The molecular formula is C15H25N5O. The summed E-state index contributed by atoms with van der Waals surface area (Å²) >= 11 is 0. The first kappa shape index (κ1) is 14.5. The summed E-state index contributed by atoms with van der Waals surface area (Å²) in [4.78, 5) is 11.6. The second-order valence-electron chi connectivity index (χ2n) is 6.64. The van der Waals surface area contributed by atoms with Gasteiger partial charge < -0.3 is 15.4 Å². The largest absolute Gasteiger partial charge is 0.390 e. The molecule has 0 bridgehead atoms. The lowest BCUT2D eigenvalue weighted by molar-refractivity contribution is 0.0481. The van der Waals surface area contributed by atoms with Crippen molar-refractivity contribution in [2.45, 2.75) is 57.5 Å². The molecule has 2 heterocycles. The van der Waals surface area contributed by atoms with Crippen LogP contribution in [0.3, 0.4) is 0 Å². The summed E-state index contributed by atoms with van der Waals surface area (Å²) in [5.41, 5.74) is 3.13. The predicted molar refractivity (Wildman–Crippen MR) is 83.2 cm³/mol. The van der Waals surface area contributed by atoms with Crippen molar-refractivity contribution in [3.63, 3.8) is 0 Å². The number of nitrogens with one attached hydrogen (secondary N) is 1. The summed E-state index contributed by atoms with van der Waals surface area (Å²) in [7, 11) is 0. The number of nitrogens with two attached hydrogens (primary N) is 1. The van der Waals surface area contributed by atoms with Crippen LogP contribution < -0.4 is 16.2 Å². The number of nitrogens with zero attached hydrogens (tertiary/aromatic N) is 3. The Morgan fingerprint density at radius 3 is 2.71 bits per heavy atom. The van der Waals surface area contributed by atoms with Crippen LogP contribution in [0.2, 0.25) is 0 Å². The molecular weight excluding hydrogens is 266 g/mol. The maximum atomic E-state index is 10.3. The van der Waals surface area contributed by atoms with E-state index in [0.29, 0.717) is 5.92 Å². The lowest BCUT2D eigenvalue weighted by atomic mass is 9.98. The molecule has 21 heavy (non-hydrogen) atoms. The van der Waals surface area contributed by atoms with E-state index < -0.39 is 5.60 Å². The highest BCUT2D eigenvalue weighted by Crippen LogP contribution is 2.40. The smallest absolute Gasteiger partial charge is 0.148 e. The fourth-order valence-corrected chi connectivity index (χ4v) is 2.97. The van der Waals surface area contributed by atoms with Gasteiger partial charge in [-0.25, -0.2) is 15.8 Å². The van der Waals surface area contributed by atoms with Gasteiger partial charge in [-0.3, -0.25) is 0 Å². The molecule has 1 aliphatic carbocycles. The third kappa shape index (κ3) is 3.11. The number of hydrazine groups is 1. The highest BCUT2D eigenvalue weighted by Gasteiger charge is 2.30. The fraction of sp³-hybridized carbons (Fsp3) is 0.733.